The van der Waals surface area contributed by atoms with Gasteiger partial charge in [-0.3, -0.25) is 4.79 Å². The lowest BCUT2D eigenvalue weighted by atomic mass is 9.87. The summed E-state index contributed by atoms with van der Waals surface area (Å²) in [6.07, 6.45) is 1.86. The first kappa shape index (κ1) is 25.1. The van der Waals surface area contributed by atoms with Crippen molar-refractivity contribution in [1.82, 2.24) is 19.7 Å². The molecule has 0 aliphatic carbocycles. The lowest BCUT2D eigenvalue weighted by molar-refractivity contribution is -0.129. The Morgan fingerprint density at radius 2 is 1.83 bits per heavy atom. The van der Waals surface area contributed by atoms with Crippen molar-refractivity contribution in [1.29, 1.82) is 0 Å². The number of ether oxygens (including phenoxy) is 2. The molecule has 1 aliphatic heterocycles. The lowest BCUT2D eigenvalue weighted by Crippen LogP contribution is -2.32. The minimum atomic E-state index is -0.0236. The molecule has 0 radical (unpaired) electrons. The molecule has 3 aromatic rings. The molecule has 8 heteroatoms. The maximum absolute atomic E-state index is 13.3. The first-order valence-corrected chi connectivity index (χ1v) is 12.9. The summed E-state index contributed by atoms with van der Waals surface area (Å²) in [5.41, 5.74) is 3.37. The third kappa shape index (κ3) is 5.32. The monoisotopic (exact) mass is 494 g/mol. The number of hydrogen-bond donors (Lipinski definition) is 0. The van der Waals surface area contributed by atoms with Crippen LogP contribution in [0, 0.1) is 0 Å². The Kier molecular flexibility index (Phi) is 7.40. The maximum Gasteiger partial charge on any atom is 0.233 e. The van der Waals surface area contributed by atoms with Gasteiger partial charge >= 0.3 is 0 Å². The van der Waals surface area contributed by atoms with E-state index in [1.165, 1.54) is 17.3 Å². The van der Waals surface area contributed by atoms with Gasteiger partial charge in [0, 0.05) is 24.7 Å². The van der Waals surface area contributed by atoms with E-state index in [0.717, 1.165) is 53.0 Å². The van der Waals surface area contributed by atoms with E-state index in [4.69, 9.17) is 9.47 Å². The first-order valence-electron chi connectivity index (χ1n) is 11.9. The second-order valence-corrected chi connectivity index (χ2v) is 10.8. The Morgan fingerprint density at radius 3 is 2.49 bits per heavy atom. The summed E-state index contributed by atoms with van der Waals surface area (Å²) >= 11 is 1.42. The number of aromatic nitrogens is 3. The molecule has 2 aromatic carbocycles. The highest BCUT2D eigenvalue weighted by atomic mass is 32.2. The van der Waals surface area contributed by atoms with Gasteiger partial charge in [-0.05, 0) is 42.0 Å². The summed E-state index contributed by atoms with van der Waals surface area (Å²) in [6.45, 7) is 7.33. The molecule has 186 valence electrons. The van der Waals surface area contributed by atoms with E-state index in [0.29, 0.717) is 5.75 Å². The van der Waals surface area contributed by atoms with Crippen molar-refractivity contribution < 1.29 is 14.3 Å². The number of thioether (sulfide) groups is 1. The number of hydrogen-bond acceptors (Lipinski definition) is 6. The number of carbonyl (C=O) groups is 1. The second kappa shape index (κ2) is 10.3. The molecule has 4 rings (SSSR count). The molecule has 1 atom stereocenters. The van der Waals surface area contributed by atoms with Crippen molar-refractivity contribution in [2.45, 2.75) is 50.2 Å². The van der Waals surface area contributed by atoms with Crippen LogP contribution in [0.3, 0.4) is 0 Å². The fourth-order valence-electron chi connectivity index (χ4n) is 4.51. The maximum atomic E-state index is 13.3. The van der Waals surface area contributed by atoms with Crippen molar-refractivity contribution in [3.63, 3.8) is 0 Å². The van der Waals surface area contributed by atoms with E-state index >= 15 is 0 Å². The van der Waals surface area contributed by atoms with Crippen molar-refractivity contribution in [2.75, 3.05) is 26.5 Å². The molecule has 0 spiro atoms. The summed E-state index contributed by atoms with van der Waals surface area (Å²) < 4.78 is 12.9. The van der Waals surface area contributed by atoms with E-state index in [1.807, 2.05) is 34.7 Å². The molecule has 1 aliphatic rings. The first-order chi connectivity index (χ1) is 16.7. The SMILES string of the molecule is COc1ccc(OC)c(C2CCCN2C(=O)CSc2nnc(-c3ccc(C(C)(C)C)cc3)n2C)c1. The fourth-order valence-corrected chi connectivity index (χ4v) is 5.31. The van der Waals surface area contributed by atoms with E-state index < -0.39 is 0 Å². The van der Waals surface area contributed by atoms with Crippen molar-refractivity contribution >= 4 is 17.7 Å². The summed E-state index contributed by atoms with van der Waals surface area (Å²) in [7, 11) is 5.25. The van der Waals surface area contributed by atoms with Gasteiger partial charge in [-0.25, -0.2) is 0 Å². The van der Waals surface area contributed by atoms with Crippen LogP contribution in [-0.4, -0.2) is 52.1 Å². The summed E-state index contributed by atoms with van der Waals surface area (Å²) in [4.78, 5) is 15.2. The van der Waals surface area contributed by atoms with Gasteiger partial charge in [0.25, 0.3) is 0 Å². The van der Waals surface area contributed by atoms with E-state index in [1.54, 1.807) is 14.2 Å². The Morgan fingerprint density at radius 1 is 1.09 bits per heavy atom. The highest BCUT2D eigenvalue weighted by molar-refractivity contribution is 7.99. The molecular formula is C27H34N4O3S. The molecular weight excluding hydrogens is 460 g/mol. The van der Waals surface area contributed by atoms with Crippen LogP contribution >= 0.6 is 11.8 Å². The number of benzene rings is 2. The fraction of sp³-hybridized carbons (Fsp3) is 0.444. The van der Waals surface area contributed by atoms with Gasteiger partial charge in [-0.15, -0.1) is 10.2 Å². The van der Waals surface area contributed by atoms with Crippen LogP contribution in [0.1, 0.15) is 50.8 Å². The van der Waals surface area contributed by atoms with Crippen molar-refractivity contribution in [3.8, 4) is 22.9 Å². The highest BCUT2D eigenvalue weighted by Gasteiger charge is 2.32. The van der Waals surface area contributed by atoms with E-state index in [-0.39, 0.29) is 17.4 Å². The largest absolute Gasteiger partial charge is 0.497 e. The van der Waals surface area contributed by atoms with Crippen LogP contribution in [0.25, 0.3) is 11.4 Å². The molecule has 1 saturated heterocycles. The smallest absolute Gasteiger partial charge is 0.233 e. The van der Waals surface area contributed by atoms with Crippen LogP contribution in [-0.2, 0) is 17.3 Å². The minimum Gasteiger partial charge on any atom is -0.497 e. The van der Waals surface area contributed by atoms with Gasteiger partial charge in [0.1, 0.15) is 11.5 Å². The predicted octanol–water partition coefficient (Wildman–Crippen LogP) is 5.25. The van der Waals surface area contributed by atoms with Crippen LogP contribution in [0.4, 0.5) is 0 Å². The molecule has 1 unspecified atom stereocenters. The normalized spacial score (nSPS) is 15.9. The molecule has 0 saturated carbocycles. The van der Waals surface area contributed by atoms with Gasteiger partial charge in [-0.1, -0.05) is 56.8 Å². The average Bonchev–Trinajstić information content (AvgIpc) is 3.48. The van der Waals surface area contributed by atoms with Gasteiger partial charge in [-0.2, -0.15) is 0 Å². The van der Waals surface area contributed by atoms with Gasteiger partial charge in [0.05, 0.1) is 26.0 Å². The molecule has 1 amide bonds. The Labute approximate surface area is 211 Å². The number of rotatable bonds is 7. The topological polar surface area (TPSA) is 69.5 Å². The third-order valence-electron chi connectivity index (χ3n) is 6.54. The van der Waals surface area contributed by atoms with Crippen molar-refractivity contribution in [2.24, 2.45) is 7.05 Å². The third-order valence-corrected chi connectivity index (χ3v) is 7.54. The van der Waals surface area contributed by atoms with E-state index in [9.17, 15) is 4.79 Å². The number of likely N-dealkylation sites (tertiary alicyclic amines) is 1. The summed E-state index contributed by atoms with van der Waals surface area (Å²) in [5.74, 6) is 2.72. The quantitative estimate of drug-likeness (QED) is 0.418. The molecule has 1 fully saturated rings. The van der Waals surface area contributed by atoms with Crippen molar-refractivity contribution in [3.05, 3.63) is 53.6 Å². The molecule has 0 N–H and O–H groups in total. The average molecular weight is 495 g/mol. The molecule has 0 bridgehead atoms. The Bertz CT molecular complexity index is 1180. The minimum absolute atomic E-state index is 0.0236. The van der Waals surface area contributed by atoms with Crippen LogP contribution in [0.5, 0.6) is 11.5 Å². The number of nitrogens with zero attached hydrogens (tertiary/aromatic N) is 4. The van der Waals surface area contributed by atoms with Crippen LogP contribution in [0.15, 0.2) is 47.6 Å². The van der Waals surface area contributed by atoms with Gasteiger partial charge in [0.15, 0.2) is 11.0 Å². The lowest BCUT2D eigenvalue weighted by Gasteiger charge is -2.26. The molecule has 7 nitrogen and oxygen atoms in total. The predicted molar refractivity (Wildman–Crippen MR) is 139 cm³/mol. The molecule has 2 heterocycles. The summed E-state index contributed by atoms with van der Waals surface area (Å²) in [5, 5.41) is 9.48. The molecule has 1 aromatic heterocycles. The number of methoxy groups -OCH3 is 2. The molecule has 35 heavy (non-hydrogen) atoms. The Balaban J connectivity index is 1.46. The second-order valence-electron chi connectivity index (χ2n) is 9.83. The van der Waals surface area contributed by atoms with Crippen LogP contribution in [0.2, 0.25) is 0 Å². The zero-order valence-corrected chi connectivity index (χ0v) is 22.2. The number of carbonyl (C=O) groups excluding carboxylic acids is 1. The van der Waals surface area contributed by atoms with Crippen LogP contribution < -0.4 is 9.47 Å². The standard InChI is InChI=1S/C27H34N4O3S/c1-27(2,3)19-11-9-18(10-12-19)25-28-29-26(30(25)4)35-17-24(32)31-15-7-8-22(31)21-16-20(33-5)13-14-23(21)34-6/h9-14,16,22H,7-8,15,17H2,1-6H3. The Hall–Kier alpha value is -3.00. The zero-order valence-electron chi connectivity index (χ0n) is 21.4. The summed E-state index contributed by atoms with van der Waals surface area (Å²) in [6, 6.07) is 14.2. The number of amides is 1. The van der Waals surface area contributed by atoms with Gasteiger partial charge in [0.2, 0.25) is 5.91 Å². The highest BCUT2D eigenvalue weighted by Crippen LogP contribution is 2.39. The van der Waals surface area contributed by atoms with E-state index in [2.05, 4.69) is 55.2 Å². The zero-order chi connectivity index (χ0) is 25.2. The van der Waals surface area contributed by atoms with Gasteiger partial charge < -0.3 is 18.9 Å².